The Kier molecular flexibility index (Phi) is 11.2. The van der Waals surface area contributed by atoms with Crippen LogP contribution in [0.15, 0.2) is 12.7 Å². The predicted octanol–water partition coefficient (Wildman–Crippen LogP) is -2.95. The molecule has 0 radical (unpaired) electrons. The molecule has 11 atom stereocenters. The van der Waals surface area contributed by atoms with Crippen LogP contribution in [0.3, 0.4) is 0 Å². The van der Waals surface area contributed by atoms with Crippen LogP contribution in [0, 0.1) is 0 Å². The predicted molar refractivity (Wildman–Crippen MR) is 129 cm³/mol. The van der Waals surface area contributed by atoms with Gasteiger partial charge in [-0.3, -0.25) is 13.6 Å². The van der Waals surface area contributed by atoms with E-state index in [1.165, 1.54) is 0 Å². The van der Waals surface area contributed by atoms with Gasteiger partial charge < -0.3 is 55.6 Å². The highest BCUT2D eigenvalue weighted by atomic mass is 31.3. The summed E-state index contributed by atoms with van der Waals surface area (Å²) in [4.78, 5) is 31.6. The van der Waals surface area contributed by atoms with Crippen molar-refractivity contribution in [3.8, 4) is 0 Å². The largest absolute Gasteiger partial charge is 0.483 e. The van der Waals surface area contributed by atoms with Crippen molar-refractivity contribution in [1.29, 1.82) is 0 Å². The summed E-state index contributed by atoms with van der Waals surface area (Å²) in [7, 11) is -11.3. The fourth-order valence-corrected chi connectivity index (χ4v) is 5.83. The molecule has 3 rings (SSSR count). The summed E-state index contributed by atoms with van der Waals surface area (Å²) >= 11 is 0. The zero-order valence-electron chi connectivity index (χ0n) is 21.0. The Morgan fingerprint density at radius 2 is 1.78 bits per heavy atom. The van der Waals surface area contributed by atoms with Gasteiger partial charge in [0.05, 0.1) is 32.3 Å². The number of fused-ring (bicyclic) bond motifs is 1. The summed E-state index contributed by atoms with van der Waals surface area (Å²) in [5.41, 5.74) is 5.91. The van der Waals surface area contributed by atoms with E-state index in [-0.39, 0.29) is 17.0 Å². The maximum Gasteiger partial charge on any atom is 0.483 e. The fourth-order valence-electron chi connectivity index (χ4n) is 3.66. The number of halogens is 1. The van der Waals surface area contributed by atoms with Gasteiger partial charge in [-0.05, 0) is 6.92 Å². The van der Waals surface area contributed by atoms with Gasteiger partial charge in [0.25, 0.3) is 0 Å². The van der Waals surface area contributed by atoms with Gasteiger partial charge >= 0.3 is 15.6 Å². The summed E-state index contributed by atoms with van der Waals surface area (Å²) in [5, 5.41) is 57.9. The molecule has 20 nitrogen and oxygen atoms in total. The lowest BCUT2D eigenvalue weighted by atomic mass is 10.1. The number of alkyl halides is 1. The molecule has 10 N–H and O–H groups in total. The maximum atomic E-state index is 14.8. The van der Waals surface area contributed by atoms with Crippen molar-refractivity contribution in [2.24, 2.45) is 0 Å². The van der Waals surface area contributed by atoms with Gasteiger partial charge in [-0.25, -0.2) is 28.5 Å². The first kappa shape index (κ1) is 33.7. The van der Waals surface area contributed by atoms with E-state index in [9.17, 15) is 48.8 Å². The number of nitrogens with zero attached hydrogens (tertiary/aromatic N) is 4. The molecule has 0 spiro atoms. The number of imidazole rings is 1. The number of phosphoric ester groups is 2. The van der Waals surface area contributed by atoms with Crippen LogP contribution in [0.5, 0.6) is 0 Å². The highest BCUT2D eigenvalue weighted by Crippen LogP contribution is 2.61. The molecule has 0 aromatic carbocycles. The first-order chi connectivity index (χ1) is 19.1. The molecular formula is C18H30FN5O15P2. The van der Waals surface area contributed by atoms with Crippen LogP contribution in [0.25, 0.3) is 11.2 Å². The number of hydrogen-bond donors (Lipinski definition) is 9. The number of aromatic nitrogens is 4. The quantitative estimate of drug-likeness (QED) is 0.0696. The van der Waals surface area contributed by atoms with E-state index in [2.05, 4.69) is 28.3 Å². The second kappa shape index (κ2) is 13.7. The number of nitrogens with two attached hydrogens (primary N) is 1. The summed E-state index contributed by atoms with van der Waals surface area (Å²) in [5.74, 6) is -0.00273. The lowest BCUT2D eigenvalue weighted by molar-refractivity contribution is -0.226. The Hall–Kier alpha value is -1.78. The summed E-state index contributed by atoms with van der Waals surface area (Å²) in [6.45, 7) is -2.14. The van der Waals surface area contributed by atoms with Crippen LogP contribution in [-0.2, 0) is 32.0 Å². The number of hydrogen-bond acceptors (Lipinski definition) is 17. The van der Waals surface area contributed by atoms with Crippen LogP contribution in [0.1, 0.15) is 13.2 Å². The number of aliphatic hydroxyl groups excluding tert-OH is 6. The summed E-state index contributed by atoms with van der Waals surface area (Å²) in [6, 6.07) is 0. The highest BCUT2D eigenvalue weighted by Gasteiger charge is 2.48. The van der Waals surface area contributed by atoms with Crippen molar-refractivity contribution in [3.63, 3.8) is 0 Å². The zero-order chi connectivity index (χ0) is 30.7. The molecule has 1 saturated heterocycles. The van der Waals surface area contributed by atoms with Crippen LogP contribution >= 0.6 is 15.6 Å². The maximum absolute atomic E-state index is 14.8. The lowest BCUT2D eigenvalue weighted by Crippen LogP contribution is -2.46. The molecule has 3 heterocycles. The molecule has 0 bridgehead atoms. The Balaban J connectivity index is 1.66. The second-order valence-electron chi connectivity index (χ2n) is 8.71. The van der Waals surface area contributed by atoms with Gasteiger partial charge in [0.2, 0.25) is 0 Å². The number of anilines is 1. The smallest absolute Gasteiger partial charge is 0.394 e. The highest BCUT2D eigenvalue weighted by molar-refractivity contribution is 7.61. The van der Waals surface area contributed by atoms with Crippen LogP contribution in [0.4, 0.5) is 10.2 Å². The summed E-state index contributed by atoms with van der Waals surface area (Å²) < 4.78 is 64.2. The first-order valence-electron chi connectivity index (χ1n) is 11.6. The Morgan fingerprint density at radius 3 is 2.39 bits per heavy atom. The van der Waals surface area contributed by atoms with Gasteiger partial charge in [0.1, 0.15) is 42.4 Å². The van der Waals surface area contributed by atoms with Gasteiger partial charge in [-0.1, -0.05) is 0 Å². The van der Waals surface area contributed by atoms with E-state index in [1.807, 2.05) is 0 Å². The third-order valence-electron chi connectivity index (χ3n) is 5.63. The fraction of sp³-hybridized carbons (Fsp3) is 0.722. The molecule has 1 aliphatic heterocycles. The molecule has 234 valence electrons. The third-order valence-corrected chi connectivity index (χ3v) is 8.23. The van der Waals surface area contributed by atoms with Gasteiger partial charge in [-0.15, -0.1) is 0 Å². The van der Waals surface area contributed by atoms with Crippen LogP contribution < -0.4 is 5.73 Å². The van der Waals surface area contributed by atoms with E-state index in [0.717, 1.165) is 24.1 Å². The first-order valence-corrected chi connectivity index (χ1v) is 14.6. The van der Waals surface area contributed by atoms with Gasteiger partial charge in [-0.2, -0.15) is 4.31 Å². The van der Waals surface area contributed by atoms with Crippen molar-refractivity contribution < 1.29 is 76.8 Å². The SMILES string of the molecule is C[C@H](O)C(OC(OP(=O)(O)OP(=O)(O)OCC1OC(n2cnc3c(N)ncnc32)C(O)C1F)[C@H](O)CO)[C@H](O)CO. The van der Waals surface area contributed by atoms with Crippen molar-refractivity contribution in [1.82, 2.24) is 19.5 Å². The number of rotatable bonds is 15. The Morgan fingerprint density at radius 1 is 1.12 bits per heavy atom. The minimum atomic E-state index is -5.72. The van der Waals surface area contributed by atoms with Crippen molar-refractivity contribution in [2.45, 2.75) is 62.2 Å². The third kappa shape index (κ3) is 8.20. The average Bonchev–Trinajstić information content (AvgIpc) is 3.45. The lowest BCUT2D eigenvalue weighted by Gasteiger charge is -2.31. The molecule has 0 aliphatic carbocycles. The molecular weight excluding hydrogens is 607 g/mol. The molecule has 23 heteroatoms. The normalized spacial score (nSPS) is 28.0. The van der Waals surface area contributed by atoms with Gasteiger partial charge in [0.15, 0.2) is 30.2 Å². The molecule has 8 unspecified atom stereocenters. The average molecular weight is 637 g/mol. The monoisotopic (exact) mass is 637 g/mol. The summed E-state index contributed by atoms with van der Waals surface area (Å²) in [6.07, 6.45) is -14.5. The molecule has 2 aromatic heterocycles. The molecule has 1 fully saturated rings. The second-order valence-corrected chi connectivity index (χ2v) is 11.7. The minimum absolute atomic E-state index is 0.00273. The van der Waals surface area contributed by atoms with E-state index < -0.39 is 90.8 Å². The van der Waals surface area contributed by atoms with E-state index in [0.29, 0.717) is 0 Å². The van der Waals surface area contributed by atoms with Crippen LogP contribution in [-0.4, -0.2) is 129 Å². The van der Waals surface area contributed by atoms with Crippen molar-refractivity contribution in [3.05, 3.63) is 12.7 Å². The number of ether oxygens (including phenoxy) is 2. The molecule has 1 aliphatic rings. The van der Waals surface area contributed by atoms with Crippen molar-refractivity contribution in [2.75, 3.05) is 25.6 Å². The Labute approximate surface area is 229 Å². The number of nitrogen functional groups attached to an aromatic ring is 1. The molecule has 2 aromatic rings. The Bertz CT molecular complexity index is 1260. The standard InChI is InChI=1S/C18H30FN5O15P2/c1-7(27)14(8(28)2-25)37-18(9(29)3-26)38-41(33,34)39-40(31,32)35-4-10-11(19)13(30)17(36-10)24-6-23-12-15(20)21-5-22-16(12)24/h5-11,13-14,17-18,25-30H,2-4H2,1H3,(H,31,32)(H,33,34)(H2,20,21,22)/t7-,8+,9+,10?,11?,13?,14?,17?,18?/m0/s1. The topological polar surface area (TPSA) is 312 Å². The van der Waals surface area contributed by atoms with E-state index in [1.54, 1.807) is 0 Å². The number of aliphatic hydroxyl groups is 6. The molecule has 0 saturated carbocycles. The zero-order valence-corrected chi connectivity index (χ0v) is 22.8. The minimum Gasteiger partial charge on any atom is -0.394 e. The van der Waals surface area contributed by atoms with Crippen LogP contribution in [0.2, 0.25) is 0 Å². The van der Waals surface area contributed by atoms with Crippen molar-refractivity contribution >= 4 is 32.6 Å². The number of phosphoric acid groups is 2. The van der Waals surface area contributed by atoms with Gasteiger partial charge in [0, 0.05) is 0 Å². The molecule has 0 amide bonds. The van der Waals surface area contributed by atoms with E-state index >= 15 is 0 Å². The molecule has 41 heavy (non-hydrogen) atoms. The van der Waals surface area contributed by atoms with E-state index in [4.69, 9.17) is 20.3 Å².